The van der Waals surface area contributed by atoms with E-state index in [1.807, 2.05) is 0 Å². The zero-order valence-corrected chi connectivity index (χ0v) is 11.4. The van der Waals surface area contributed by atoms with E-state index < -0.39 is 42.5 Å². The highest BCUT2D eigenvalue weighted by Gasteiger charge is 2.35. The lowest BCUT2D eigenvalue weighted by atomic mass is 10.2. The van der Waals surface area contributed by atoms with Crippen LogP contribution in [0.1, 0.15) is 10.4 Å². The second-order valence-corrected chi connectivity index (χ2v) is 4.54. The maximum atomic E-state index is 13.5. The Morgan fingerprint density at radius 2 is 1.71 bits per heavy atom. The maximum Gasteiger partial charge on any atom is 0.406 e. The summed E-state index contributed by atoms with van der Waals surface area (Å²) in [7, 11) is 2.70. The van der Waals surface area contributed by atoms with Crippen molar-refractivity contribution in [2.24, 2.45) is 0 Å². The molecule has 0 aliphatic heterocycles. The summed E-state index contributed by atoms with van der Waals surface area (Å²) in [5.41, 5.74) is -0.506. The molecule has 0 aliphatic rings. The second kappa shape index (κ2) is 6.55. The van der Waals surface area contributed by atoms with Crippen LogP contribution in [-0.2, 0) is 4.79 Å². The Labute approximate surface area is 118 Å². The van der Waals surface area contributed by atoms with Crippen molar-refractivity contribution in [2.75, 3.05) is 27.2 Å². The molecule has 0 fully saturated rings. The van der Waals surface area contributed by atoms with Gasteiger partial charge in [-0.25, -0.2) is 4.39 Å². The average molecular weight is 306 g/mol. The number of amides is 2. The van der Waals surface area contributed by atoms with Gasteiger partial charge in [0.25, 0.3) is 5.91 Å². The van der Waals surface area contributed by atoms with E-state index in [9.17, 15) is 27.2 Å². The van der Waals surface area contributed by atoms with Gasteiger partial charge in [0.15, 0.2) is 0 Å². The minimum absolute atomic E-state index is 0.279. The van der Waals surface area contributed by atoms with Gasteiger partial charge in [-0.3, -0.25) is 9.59 Å². The Balaban J connectivity index is 3.03. The van der Waals surface area contributed by atoms with Crippen LogP contribution in [0.15, 0.2) is 24.3 Å². The van der Waals surface area contributed by atoms with Gasteiger partial charge in [0.2, 0.25) is 5.91 Å². The third-order valence-electron chi connectivity index (χ3n) is 2.59. The molecular weight excluding hydrogens is 292 g/mol. The molecule has 0 saturated carbocycles. The fourth-order valence-electron chi connectivity index (χ4n) is 1.53. The van der Waals surface area contributed by atoms with Gasteiger partial charge in [-0.1, -0.05) is 12.1 Å². The monoisotopic (exact) mass is 306 g/mol. The van der Waals surface area contributed by atoms with Crippen molar-refractivity contribution in [1.29, 1.82) is 0 Å². The molecule has 0 radical (unpaired) electrons. The molecule has 2 amide bonds. The number of likely N-dealkylation sites (N-methyl/N-ethyl adjacent to an activating group) is 1. The van der Waals surface area contributed by atoms with E-state index in [2.05, 4.69) is 0 Å². The minimum atomic E-state index is -4.69. The molecule has 8 heteroatoms. The Kier molecular flexibility index (Phi) is 5.28. The Bertz CT molecular complexity index is 529. The highest BCUT2D eigenvalue weighted by Crippen LogP contribution is 2.19. The van der Waals surface area contributed by atoms with Crippen LogP contribution in [0.25, 0.3) is 0 Å². The molecule has 0 aromatic heterocycles. The number of carbonyl (C=O) groups is 2. The van der Waals surface area contributed by atoms with E-state index in [4.69, 9.17) is 0 Å². The number of halogens is 4. The van der Waals surface area contributed by atoms with Gasteiger partial charge in [0.05, 0.1) is 5.56 Å². The normalized spacial score (nSPS) is 11.1. The average Bonchev–Trinajstić information content (AvgIpc) is 2.36. The first kappa shape index (κ1) is 16.9. The number of alkyl halides is 3. The quantitative estimate of drug-likeness (QED) is 0.797. The van der Waals surface area contributed by atoms with Crippen molar-refractivity contribution in [1.82, 2.24) is 9.80 Å². The Hall–Kier alpha value is -2.12. The molecule has 0 aliphatic carbocycles. The zero-order chi connectivity index (χ0) is 16.2. The van der Waals surface area contributed by atoms with Crippen molar-refractivity contribution < 1.29 is 27.2 Å². The first-order valence-electron chi connectivity index (χ1n) is 5.92. The van der Waals surface area contributed by atoms with Crippen LogP contribution in [-0.4, -0.2) is 55.0 Å². The predicted molar refractivity (Wildman–Crippen MR) is 67.1 cm³/mol. The van der Waals surface area contributed by atoms with Crippen molar-refractivity contribution in [3.8, 4) is 0 Å². The number of carbonyl (C=O) groups excluding carboxylic acids is 2. The number of benzene rings is 1. The molecule has 4 nitrogen and oxygen atoms in total. The summed E-state index contributed by atoms with van der Waals surface area (Å²) in [6, 6.07) is 4.68. The SMILES string of the molecule is CN(C)C(=O)CN(CC(F)(F)F)C(=O)c1ccccc1F. The molecule has 1 aromatic rings. The van der Waals surface area contributed by atoms with Crippen molar-refractivity contribution in [3.05, 3.63) is 35.6 Å². The van der Waals surface area contributed by atoms with E-state index in [0.29, 0.717) is 0 Å². The molecule has 21 heavy (non-hydrogen) atoms. The lowest BCUT2D eigenvalue weighted by Crippen LogP contribution is -2.45. The third-order valence-corrected chi connectivity index (χ3v) is 2.59. The van der Waals surface area contributed by atoms with Gasteiger partial charge in [-0.15, -0.1) is 0 Å². The standard InChI is InChI=1S/C13H14F4N2O2/c1-18(2)11(20)7-19(8-13(15,16)17)12(21)9-5-3-4-6-10(9)14/h3-6H,7-8H2,1-2H3. The molecule has 1 rings (SSSR count). The minimum Gasteiger partial charge on any atom is -0.347 e. The number of nitrogens with zero attached hydrogens (tertiary/aromatic N) is 2. The molecule has 116 valence electrons. The maximum absolute atomic E-state index is 13.5. The number of hydrogen-bond acceptors (Lipinski definition) is 2. The molecule has 0 N–H and O–H groups in total. The van der Waals surface area contributed by atoms with Gasteiger partial charge >= 0.3 is 6.18 Å². The molecule has 0 heterocycles. The van der Waals surface area contributed by atoms with Crippen LogP contribution in [0.5, 0.6) is 0 Å². The largest absolute Gasteiger partial charge is 0.406 e. The van der Waals surface area contributed by atoms with E-state index >= 15 is 0 Å². The van der Waals surface area contributed by atoms with Crippen LogP contribution >= 0.6 is 0 Å². The van der Waals surface area contributed by atoms with Gasteiger partial charge in [-0.05, 0) is 12.1 Å². The van der Waals surface area contributed by atoms with Crippen LogP contribution in [0.3, 0.4) is 0 Å². The van der Waals surface area contributed by atoms with Crippen molar-refractivity contribution in [2.45, 2.75) is 6.18 Å². The molecule has 0 saturated heterocycles. The lowest BCUT2D eigenvalue weighted by Gasteiger charge is -2.25. The predicted octanol–water partition coefficient (Wildman–Crippen LogP) is 1.92. The van der Waals surface area contributed by atoms with Crippen LogP contribution < -0.4 is 0 Å². The van der Waals surface area contributed by atoms with E-state index in [0.717, 1.165) is 17.0 Å². The summed E-state index contributed by atoms with van der Waals surface area (Å²) in [5, 5.41) is 0. The summed E-state index contributed by atoms with van der Waals surface area (Å²) in [5.74, 6) is -2.81. The highest BCUT2D eigenvalue weighted by molar-refractivity contribution is 5.96. The molecule has 0 atom stereocenters. The fourth-order valence-corrected chi connectivity index (χ4v) is 1.53. The smallest absolute Gasteiger partial charge is 0.347 e. The Morgan fingerprint density at radius 1 is 1.14 bits per heavy atom. The van der Waals surface area contributed by atoms with Gasteiger partial charge in [0, 0.05) is 14.1 Å². The fraction of sp³-hybridized carbons (Fsp3) is 0.385. The third kappa shape index (κ3) is 5.05. The molecule has 0 bridgehead atoms. The van der Waals surface area contributed by atoms with Gasteiger partial charge < -0.3 is 9.80 Å². The van der Waals surface area contributed by atoms with E-state index in [-0.39, 0.29) is 4.90 Å². The topological polar surface area (TPSA) is 40.6 Å². The van der Waals surface area contributed by atoms with E-state index in [1.165, 1.54) is 26.2 Å². The second-order valence-electron chi connectivity index (χ2n) is 4.54. The summed E-state index contributed by atoms with van der Waals surface area (Å²) >= 11 is 0. The van der Waals surface area contributed by atoms with Crippen molar-refractivity contribution in [3.63, 3.8) is 0 Å². The van der Waals surface area contributed by atoms with Gasteiger partial charge in [0.1, 0.15) is 18.9 Å². The van der Waals surface area contributed by atoms with E-state index in [1.54, 1.807) is 0 Å². The van der Waals surface area contributed by atoms with Crippen molar-refractivity contribution >= 4 is 11.8 Å². The summed E-state index contributed by atoms with van der Waals surface area (Å²) < 4.78 is 51.1. The summed E-state index contributed by atoms with van der Waals surface area (Å²) in [6.45, 7) is -2.40. The molecule has 0 spiro atoms. The first-order valence-corrected chi connectivity index (χ1v) is 5.92. The van der Waals surface area contributed by atoms with Crippen LogP contribution in [0.2, 0.25) is 0 Å². The Morgan fingerprint density at radius 3 is 2.19 bits per heavy atom. The molecule has 1 aromatic carbocycles. The van der Waals surface area contributed by atoms with Crippen LogP contribution in [0, 0.1) is 5.82 Å². The molecule has 0 unspecified atom stereocenters. The lowest BCUT2D eigenvalue weighted by molar-refractivity contribution is -0.146. The first-order chi connectivity index (χ1) is 9.61. The number of rotatable bonds is 4. The van der Waals surface area contributed by atoms with Crippen LogP contribution in [0.4, 0.5) is 17.6 Å². The molecular formula is C13H14F4N2O2. The summed E-state index contributed by atoms with van der Waals surface area (Å²) in [4.78, 5) is 24.9. The zero-order valence-electron chi connectivity index (χ0n) is 11.4. The van der Waals surface area contributed by atoms with Gasteiger partial charge in [-0.2, -0.15) is 13.2 Å². The highest BCUT2D eigenvalue weighted by atomic mass is 19.4. The summed E-state index contributed by atoms with van der Waals surface area (Å²) in [6.07, 6.45) is -4.69. The number of hydrogen-bond donors (Lipinski definition) is 0.